The largest absolute Gasteiger partial charge is 0.481 e. The molecule has 21 heavy (non-hydrogen) atoms. The number of ketones is 1. The van der Waals surface area contributed by atoms with Crippen LogP contribution in [0.2, 0.25) is 0 Å². The number of rotatable bonds is 4. The number of carboxylic acid groups (broad SMARTS) is 1. The molecule has 3 rings (SSSR count). The van der Waals surface area contributed by atoms with E-state index in [2.05, 4.69) is 12.7 Å². The van der Waals surface area contributed by atoms with Crippen LogP contribution in [0.15, 0.2) is 35.5 Å². The summed E-state index contributed by atoms with van der Waals surface area (Å²) in [6.07, 6.45) is 9.06. The molecule has 0 radical (unpaired) electrons. The van der Waals surface area contributed by atoms with Crippen LogP contribution >= 0.6 is 0 Å². The molecule has 1 unspecified atom stereocenters. The predicted octanol–water partition coefficient (Wildman–Crippen LogP) is 3.67. The topological polar surface area (TPSA) is 54.4 Å². The van der Waals surface area contributed by atoms with E-state index < -0.39 is 5.97 Å². The SMILES string of the molecule is C=CC1(C2C=C2C2=C(C)C(=O)CC2)CCC(C(=O)O)CC1. The Labute approximate surface area is 125 Å². The van der Waals surface area contributed by atoms with Gasteiger partial charge in [0.25, 0.3) is 0 Å². The highest BCUT2D eigenvalue weighted by molar-refractivity contribution is 5.99. The van der Waals surface area contributed by atoms with E-state index in [0.29, 0.717) is 12.3 Å². The summed E-state index contributed by atoms with van der Waals surface area (Å²) in [6, 6.07) is 0. The summed E-state index contributed by atoms with van der Waals surface area (Å²) in [5, 5.41) is 9.14. The molecular formula is C18H22O3. The Kier molecular flexibility index (Phi) is 3.39. The molecule has 1 fully saturated rings. The van der Waals surface area contributed by atoms with Gasteiger partial charge in [-0.15, -0.1) is 6.58 Å². The molecule has 112 valence electrons. The van der Waals surface area contributed by atoms with Gasteiger partial charge in [0, 0.05) is 12.3 Å². The molecule has 0 bridgehead atoms. The first-order valence-electron chi connectivity index (χ1n) is 7.80. The van der Waals surface area contributed by atoms with Crippen LogP contribution < -0.4 is 0 Å². The quantitative estimate of drug-likeness (QED) is 0.802. The molecule has 0 saturated heterocycles. The molecule has 3 aliphatic carbocycles. The summed E-state index contributed by atoms with van der Waals surface area (Å²) in [5.41, 5.74) is 3.51. The molecule has 0 spiro atoms. The number of carbonyl (C=O) groups excluding carboxylic acids is 1. The average Bonchev–Trinajstić information content (AvgIpc) is 3.21. The van der Waals surface area contributed by atoms with Crippen LogP contribution in [-0.2, 0) is 9.59 Å². The predicted molar refractivity (Wildman–Crippen MR) is 80.7 cm³/mol. The van der Waals surface area contributed by atoms with Gasteiger partial charge in [0.1, 0.15) is 0 Å². The molecule has 0 aromatic rings. The number of allylic oxidation sites excluding steroid dienone is 5. The minimum absolute atomic E-state index is 0.0141. The van der Waals surface area contributed by atoms with Gasteiger partial charge >= 0.3 is 5.97 Å². The smallest absolute Gasteiger partial charge is 0.306 e. The molecule has 3 heteroatoms. The van der Waals surface area contributed by atoms with Crippen LogP contribution in [0.1, 0.15) is 45.4 Å². The lowest BCUT2D eigenvalue weighted by Gasteiger charge is -2.38. The van der Waals surface area contributed by atoms with E-state index in [4.69, 9.17) is 5.11 Å². The van der Waals surface area contributed by atoms with Gasteiger partial charge < -0.3 is 5.11 Å². The van der Waals surface area contributed by atoms with Gasteiger partial charge in [-0.05, 0) is 61.2 Å². The Morgan fingerprint density at radius 3 is 2.52 bits per heavy atom. The van der Waals surface area contributed by atoms with Crippen molar-refractivity contribution in [3.05, 3.63) is 35.5 Å². The normalized spacial score (nSPS) is 35.7. The van der Waals surface area contributed by atoms with Crippen molar-refractivity contribution in [2.75, 3.05) is 0 Å². The molecule has 3 nitrogen and oxygen atoms in total. The molecule has 0 amide bonds. The fraction of sp³-hybridized carbons (Fsp3) is 0.556. The van der Waals surface area contributed by atoms with Crippen molar-refractivity contribution in [1.29, 1.82) is 0 Å². The minimum Gasteiger partial charge on any atom is -0.481 e. The van der Waals surface area contributed by atoms with Gasteiger partial charge in [-0.3, -0.25) is 9.59 Å². The highest BCUT2D eigenvalue weighted by Gasteiger charge is 2.48. The van der Waals surface area contributed by atoms with Gasteiger partial charge in [-0.25, -0.2) is 0 Å². The van der Waals surface area contributed by atoms with Gasteiger partial charge in [0.05, 0.1) is 5.92 Å². The third-order valence-electron chi connectivity index (χ3n) is 5.69. The van der Waals surface area contributed by atoms with Crippen LogP contribution in [0.5, 0.6) is 0 Å². The highest BCUT2D eigenvalue weighted by atomic mass is 16.4. The molecule has 0 aromatic carbocycles. The second-order valence-corrected chi connectivity index (χ2v) is 6.68. The fourth-order valence-electron chi connectivity index (χ4n) is 4.08. The first kappa shape index (κ1) is 14.3. The Bertz CT molecular complexity index is 571. The van der Waals surface area contributed by atoms with Gasteiger partial charge in [0.15, 0.2) is 5.78 Å². The van der Waals surface area contributed by atoms with Crippen LogP contribution in [-0.4, -0.2) is 16.9 Å². The van der Waals surface area contributed by atoms with E-state index in [1.807, 2.05) is 13.0 Å². The molecule has 1 atom stereocenters. The number of hydrogen-bond donors (Lipinski definition) is 1. The Morgan fingerprint density at radius 1 is 1.38 bits per heavy atom. The number of carbonyl (C=O) groups is 2. The molecule has 0 aliphatic heterocycles. The summed E-state index contributed by atoms with van der Waals surface area (Å²) >= 11 is 0. The van der Waals surface area contributed by atoms with Crippen molar-refractivity contribution in [1.82, 2.24) is 0 Å². The molecule has 3 aliphatic rings. The summed E-state index contributed by atoms with van der Waals surface area (Å²) in [5.74, 6) is -0.217. The lowest BCUT2D eigenvalue weighted by molar-refractivity contribution is -0.143. The van der Waals surface area contributed by atoms with Crippen molar-refractivity contribution in [3.8, 4) is 0 Å². The minimum atomic E-state index is -0.670. The first-order valence-corrected chi connectivity index (χ1v) is 7.80. The third-order valence-corrected chi connectivity index (χ3v) is 5.69. The summed E-state index contributed by atoms with van der Waals surface area (Å²) in [7, 11) is 0. The van der Waals surface area contributed by atoms with Crippen molar-refractivity contribution < 1.29 is 14.7 Å². The van der Waals surface area contributed by atoms with Gasteiger partial charge in [-0.2, -0.15) is 0 Å². The van der Waals surface area contributed by atoms with E-state index in [9.17, 15) is 9.59 Å². The van der Waals surface area contributed by atoms with E-state index in [0.717, 1.165) is 37.7 Å². The fourth-order valence-corrected chi connectivity index (χ4v) is 4.08. The number of hydrogen-bond acceptors (Lipinski definition) is 2. The third kappa shape index (κ3) is 2.29. The second-order valence-electron chi connectivity index (χ2n) is 6.68. The molecular weight excluding hydrogens is 264 g/mol. The van der Waals surface area contributed by atoms with E-state index in [1.165, 1.54) is 11.1 Å². The zero-order valence-electron chi connectivity index (χ0n) is 12.5. The Balaban J connectivity index is 1.72. The maximum Gasteiger partial charge on any atom is 0.306 e. The first-order chi connectivity index (χ1) is 9.98. The van der Waals surface area contributed by atoms with Crippen molar-refractivity contribution in [2.45, 2.75) is 45.4 Å². The van der Waals surface area contributed by atoms with Crippen molar-refractivity contribution in [3.63, 3.8) is 0 Å². The molecule has 1 N–H and O–H groups in total. The maximum atomic E-state index is 11.7. The number of carboxylic acids is 1. The van der Waals surface area contributed by atoms with Crippen LogP contribution in [0.25, 0.3) is 0 Å². The molecule has 1 saturated carbocycles. The van der Waals surface area contributed by atoms with Crippen LogP contribution in [0.4, 0.5) is 0 Å². The molecule has 0 aromatic heterocycles. The standard InChI is InChI=1S/C18H22O3/c1-3-18(8-6-12(7-9-18)17(20)21)15-10-14(15)13-4-5-16(19)11(13)2/h3,10,12,15H,1,4-9H2,2H3,(H,20,21). The zero-order valence-corrected chi connectivity index (χ0v) is 12.5. The second kappa shape index (κ2) is 4.97. The summed E-state index contributed by atoms with van der Waals surface area (Å²) < 4.78 is 0. The molecule has 0 heterocycles. The van der Waals surface area contributed by atoms with Crippen molar-refractivity contribution in [2.24, 2.45) is 17.3 Å². The van der Waals surface area contributed by atoms with Crippen molar-refractivity contribution >= 4 is 11.8 Å². The maximum absolute atomic E-state index is 11.7. The summed E-state index contributed by atoms with van der Waals surface area (Å²) in [4.78, 5) is 22.8. The number of aliphatic carboxylic acids is 1. The number of Topliss-reactive ketones (excluding diaryl/α,β-unsaturated/α-hetero) is 1. The Morgan fingerprint density at radius 2 is 2.05 bits per heavy atom. The summed E-state index contributed by atoms with van der Waals surface area (Å²) in [6.45, 7) is 5.95. The lowest BCUT2D eigenvalue weighted by atomic mass is 9.66. The lowest BCUT2D eigenvalue weighted by Crippen LogP contribution is -2.31. The van der Waals surface area contributed by atoms with Crippen LogP contribution in [0.3, 0.4) is 0 Å². The zero-order chi connectivity index (χ0) is 15.2. The average molecular weight is 286 g/mol. The highest BCUT2D eigenvalue weighted by Crippen LogP contribution is 2.57. The van der Waals surface area contributed by atoms with E-state index in [-0.39, 0.29) is 17.1 Å². The van der Waals surface area contributed by atoms with Gasteiger partial charge in [0.2, 0.25) is 0 Å². The van der Waals surface area contributed by atoms with E-state index in [1.54, 1.807) is 0 Å². The van der Waals surface area contributed by atoms with Gasteiger partial charge in [-0.1, -0.05) is 12.2 Å². The van der Waals surface area contributed by atoms with E-state index >= 15 is 0 Å². The Hall–Kier alpha value is -1.64. The van der Waals surface area contributed by atoms with Crippen LogP contribution in [0, 0.1) is 17.3 Å². The monoisotopic (exact) mass is 286 g/mol.